The zero-order valence-corrected chi connectivity index (χ0v) is 33.7. The second kappa shape index (κ2) is 15.7. The van der Waals surface area contributed by atoms with Gasteiger partial charge in [0.2, 0.25) is 27.7 Å². The van der Waals surface area contributed by atoms with E-state index in [1.54, 1.807) is 56.1 Å². The van der Waals surface area contributed by atoms with Gasteiger partial charge in [0.1, 0.15) is 23.2 Å². The maximum Gasteiger partial charge on any atom is 0.408 e. The molecule has 2 aliphatic carbocycles. The van der Waals surface area contributed by atoms with Crippen LogP contribution >= 0.6 is 0 Å². The van der Waals surface area contributed by atoms with Crippen LogP contribution in [0.25, 0.3) is 11.1 Å². The van der Waals surface area contributed by atoms with Crippen molar-refractivity contribution >= 4 is 39.7 Å². The van der Waals surface area contributed by atoms with E-state index >= 15 is 0 Å². The molecule has 0 spiro atoms. The number of allylic oxidation sites excluding steroid dienone is 1. The molecule has 3 aliphatic heterocycles. The Morgan fingerprint density at radius 3 is 2.47 bits per heavy atom. The third kappa shape index (κ3) is 8.80. The van der Waals surface area contributed by atoms with Crippen molar-refractivity contribution in [3.63, 3.8) is 0 Å². The van der Waals surface area contributed by atoms with E-state index in [0.29, 0.717) is 43.5 Å². The fourth-order valence-electron chi connectivity index (χ4n) is 8.37. The Kier molecular flexibility index (Phi) is 11.1. The monoisotopic (exact) mass is 804 g/mol. The first-order valence-corrected chi connectivity index (χ1v) is 21.4. The molecule has 2 aromatic rings. The highest BCUT2D eigenvalue weighted by Crippen LogP contribution is 2.47. The van der Waals surface area contributed by atoms with Crippen molar-refractivity contribution in [1.82, 2.24) is 30.1 Å². The summed E-state index contributed by atoms with van der Waals surface area (Å²) in [4.78, 5) is 77.7. The number of methoxy groups -OCH3 is 1. The Morgan fingerprint density at radius 2 is 1.77 bits per heavy atom. The van der Waals surface area contributed by atoms with Crippen LogP contribution in [0, 0.1) is 17.8 Å². The number of aromatic nitrogens is 1. The smallest absolute Gasteiger partial charge is 0.408 e. The Morgan fingerprint density at radius 1 is 0.982 bits per heavy atom. The van der Waals surface area contributed by atoms with Gasteiger partial charge >= 0.3 is 6.09 Å². The fraction of sp³-hybridized carbons (Fsp3) is 0.561. The first-order valence-electron chi connectivity index (χ1n) is 19.8. The molecule has 5 amide bonds. The minimum absolute atomic E-state index is 0.133. The van der Waals surface area contributed by atoms with Crippen molar-refractivity contribution in [2.24, 2.45) is 17.8 Å². The Balaban J connectivity index is 1.17. The maximum atomic E-state index is 14.7. The van der Waals surface area contributed by atoms with E-state index < -0.39 is 74.1 Å². The van der Waals surface area contributed by atoms with Gasteiger partial charge in [0.15, 0.2) is 0 Å². The predicted octanol–water partition coefficient (Wildman–Crippen LogP) is 3.55. The zero-order valence-electron chi connectivity index (χ0n) is 32.9. The third-order valence-electron chi connectivity index (χ3n) is 11.6. The average molecular weight is 805 g/mol. The summed E-state index contributed by atoms with van der Waals surface area (Å²) in [5, 5.41) is 5.05. The van der Waals surface area contributed by atoms with Crippen molar-refractivity contribution in [2.45, 2.75) is 101 Å². The van der Waals surface area contributed by atoms with Gasteiger partial charge < -0.3 is 29.9 Å². The number of alkyl carbamates (subject to hydrolysis) is 1. The van der Waals surface area contributed by atoms with E-state index in [-0.39, 0.29) is 37.9 Å². The van der Waals surface area contributed by atoms with E-state index in [2.05, 4.69) is 20.3 Å². The van der Waals surface area contributed by atoms with Crippen molar-refractivity contribution < 1.29 is 41.9 Å². The summed E-state index contributed by atoms with van der Waals surface area (Å²) in [5.41, 5.74) is -0.296. The third-order valence-corrected chi connectivity index (χ3v) is 13.4. The number of likely N-dealkylation sites (tertiary alicyclic amines) is 1. The van der Waals surface area contributed by atoms with Crippen molar-refractivity contribution in [3.05, 3.63) is 60.3 Å². The SMILES string of the molecule is COc1ccc(-c2cccc(C(=O)N3C[C@H]4CN5C(=O)[C@@H](NC(=O)OC(C)(C)C)CCCCC/C=C\[C@H]6C[C@@]6(C(=O)NS(=O)(=O)C6CC6)NC(=O)[C@@H]5[C@H]4C3)c2)cn1. The molecular formula is C41H52N6O9S. The lowest BCUT2D eigenvalue weighted by Gasteiger charge is -2.33. The standard InChI is InChI=1S/C41H52N6O9S/c1-40(2,3)56-39(52)43-32-14-9-7-5-6-8-13-29-20-41(29,38(51)45-57(53,54)30-16-17-30)44-35(48)34-31-24-46(22-28(31)23-47(34)37(32)50)36(49)26-12-10-11-25(19-26)27-15-18-33(55-4)42-21-27/h8,10-13,15,18-19,21,28-32,34H,5-7,9,14,16-17,20,22-24H2,1-4H3,(H,43,52)(H,44,48)(H,45,51)/b13-8-/t28-,29-,31-,32-,34-,41+/m0/s1. The molecule has 6 atom stereocenters. The van der Waals surface area contributed by atoms with Gasteiger partial charge in [-0.15, -0.1) is 0 Å². The minimum atomic E-state index is -3.92. The molecule has 0 bridgehead atoms. The van der Waals surface area contributed by atoms with E-state index in [4.69, 9.17) is 9.47 Å². The summed E-state index contributed by atoms with van der Waals surface area (Å²) in [7, 11) is -2.38. The quantitative estimate of drug-likeness (QED) is 0.349. The summed E-state index contributed by atoms with van der Waals surface area (Å²) < 4.78 is 38.8. The lowest BCUT2D eigenvalue weighted by atomic mass is 9.93. The molecule has 306 valence electrons. The molecule has 7 rings (SSSR count). The zero-order chi connectivity index (χ0) is 40.7. The highest BCUT2D eigenvalue weighted by Gasteiger charge is 2.63. The molecule has 0 unspecified atom stereocenters. The number of benzene rings is 1. The number of sulfonamides is 1. The number of ether oxygens (including phenoxy) is 2. The average Bonchev–Trinajstić information content (AvgIpc) is 4.07. The topological polar surface area (TPSA) is 193 Å². The number of amides is 5. The van der Waals surface area contributed by atoms with Gasteiger partial charge in [-0.05, 0) is 83.1 Å². The van der Waals surface area contributed by atoms with Crippen LogP contribution < -0.4 is 20.1 Å². The van der Waals surface area contributed by atoms with Crippen molar-refractivity contribution in [2.75, 3.05) is 26.7 Å². The molecule has 1 aromatic heterocycles. The second-order valence-corrected chi connectivity index (χ2v) is 18.9. The first-order chi connectivity index (χ1) is 27.1. The van der Waals surface area contributed by atoms with E-state index in [0.717, 1.165) is 24.0 Å². The van der Waals surface area contributed by atoms with Crippen molar-refractivity contribution in [3.8, 4) is 17.0 Å². The Bertz CT molecular complexity index is 2050. The van der Waals surface area contributed by atoms with E-state index in [1.807, 2.05) is 24.3 Å². The van der Waals surface area contributed by atoms with Crippen LogP contribution in [0.4, 0.5) is 4.79 Å². The normalized spacial score (nSPS) is 28.4. The van der Waals surface area contributed by atoms with Crippen LogP contribution in [0.1, 0.15) is 82.5 Å². The molecule has 5 aliphatic rings. The van der Waals surface area contributed by atoms with Crippen LogP contribution in [0.5, 0.6) is 5.88 Å². The lowest BCUT2D eigenvalue weighted by molar-refractivity contribution is -0.142. The lowest BCUT2D eigenvalue weighted by Crippen LogP contribution is -2.60. The molecular weight excluding hydrogens is 753 g/mol. The van der Waals surface area contributed by atoms with Crippen LogP contribution in [0.2, 0.25) is 0 Å². The molecule has 0 radical (unpaired) electrons. The molecule has 57 heavy (non-hydrogen) atoms. The fourth-order valence-corrected chi connectivity index (χ4v) is 9.74. The Labute approximate surface area is 333 Å². The van der Waals surface area contributed by atoms with Gasteiger partial charge in [-0.2, -0.15) is 0 Å². The van der Waals surface area contributed by atoms with E-state index in [1.165, 1.54) is 12.0 Å². The van der Waals surface area contributed by atoms with Gasteiger partial charge in [-0.3, -0.25) is 23.9 Å². The summed E-state index contributed by atoms with van der Waals surface area (Å²) in [6.45, 7) is 5.75. The maximum absolute atomic E-state index is 14.7. The highest BCUT2D eigenvalue weighted by molar-refractivity contribution is 7.91. The molecule has 2 saturated carbocycles. The first kappa shape index (κ1) is 40.2. The number of carbonyl (C=O) groups excluding carboxylic acids is 5. The van der Waals surface area contributed by atoms with Gasteiger partial charge in [-0.1, -0.05) is 37.1 Å². The largest absolute Gasteiger partial charge is 0.481 e. The van der Waals surface area contributed by atoms with E-state index in [9.17, 15) is 32.4 Å². The summed E-state index contributed by atoms with van der Waals surface area (Å²) >= 11 is 0. The van der Waals surface area contributed by atoms with Crippen molar-refractivity contribution in [1.29, 1.82) is 0 Å². The number of hydrogen-bond donors (Lipinski definition) is 3. The number of fused-ring (bicyclic) bond motifs is 4. The van der Waals surface area contributed by atoms with Crippen LogP contribution in [-0.2, 0) is 29.1 Å². The number of nitrogens with one attached hydrogen (secondary N) is 3. The summed E-state index contributed by atoms with van der Waals surface area (Å²) in [6, 6.07) is 8.70. The van der Waals surface area contributed by atoms with Gasteiger partial charge in [0.05, 0.1) is 12.4 Å². The Hall–Kier alpha value is -4.99. The molecule has 1 aromatic carbocycles. The van der Waals surface area contributed by atoms with Crippen LogP contribution in [0.15, 0.2) is 54.7 Å². The van der Waals surface area contributed by atoms with Gasteiger partial charge in [-0.25, -0.2) is 18.2 Å². The van der Waals surface area contributed by atoms with Gasteiger partial charge in [0, 0.05) is 60.8 Å². The molecule has 4 fully saturated rings. The molecule has 4 heterocycles. The molecule has 2 saturated heterocycles. The molecule has 16 heteroatoms. The predicted molar refractivity (Wildman–Crippen MR) is 209 cm³/mol. The molecule has 15 nitrogen and oxygen atoms in total. The summed E-state index contributed by atoms with van der Waals surface area (Å²) in [5.74, 6) is -2.88. The number of carbonyl (C=O) groups is 5. The number of pyridine rings is 1. The molecule has 3 N–H and O–H groups in total. The van der Waals surface area contributed by atoms with Crippen LogP contribution in [0.3, 0.4) is 0 Å². The second-order valence-electron chi connectivity index (χ2n) is 17.0. The highest BCUT2D eigenvalue weighted by atomic mass is 32.2. The minimum Gasteiger partial charge on any atom is -0.481 e. The number of rotatable bonds is 7. The summed E-state index contributed by atoms with van der Waals surface area (Å²) in [6.07, 6.45) is 9.03. The number of nitrogens with zero attached hydrogens (tertiary/aromatic N) is 3. The van der Waals surface area contributed by atoms with Gasteiger partial charge in [0.25, 0.3) is 11.8 Å². The van der Waals surface area contributed by atoms with Crippen LogP contribution in [-0.4, -0.2) is 108 Å². The number of hydrogen-bond acceptors (Lipinski definition) is 10.